The Hall–Kier alpha value is -1.97. The van der Waals surface area contributed by atoms with E-state index in [0.29, 0.717) is 16.5 Å². The first-order valence-corrected chi connectivity index (χ1v) is 7.71. The lowest BCUT2D eigenvalue weighted by atomic mass is 10.1. The molecule has 0 fully saturated rings. The molecule has 106 valence electrons. The Kier molecular flexibility index (Phi) is 3.86. The number of halogens is 1. The number of nitrogens with zero attached hydrogens (tertiary/aromatic N) is 3. The average molecular weight is 319 g/mol. The number of rotatable bonds is 3. The Bertz CT molecular complexity index is 750. The molecule has 0 atom stereocenters. The summed E-state index contributed by atoms with van der Waals surface area (Å²) in [6, 6.07) is 9.24. The van der Waals surface area contributed by atoms with Gasteiger partial charge in [-0.25, -0.2) is 4.98 Å². The van der Waals surface area contributed by atoms with Crippen LogP contribution >= 0.6 is 23.4 Å². The zero-order valence-corrected chi connectivity index (χ0v) is 12.5. The number of thioether (sulfide) groups is 1. The number of hydrogen-bond acceptors (Lipinski definition) is 4. The number of hydrogen-bond donors (Lipinski definition) is 1. The number of anilines is 1. The molecule has 1 aliphatic heterocycles. The Morgan fingerprint density at radius 2 is 2.43 bits per heavy atom. The first kappa shape index (κ1) is 14.0. The second kappa shape index (κ2) is 5.80. The molecule has 0 saturated carbocycles. The van der Waals surface area contributed by atoms with Crippen LogP contribution in [0.4, 0.5) is 5.82 Å². The topological polar surface area (TPSA) is 70.7 Å². The predicted octanol–water partition coefficient (Wildman–Crippen LogP) is 2.70. The number of amides is 1. The molecule has 0 bridgehead atoms. The maximum atomic E-state index is 12.1. The summed E-state index contributed by atoms with van der Waals surface area (Å²) in [5, 5.41) is 13.3. The molecule has 1 aromatic heterocycles. The minimum Gasteiger partial charge on any atom is -0.308 e. The lowest BCUT2D eigenvalue weighted by molar-refractivity contribution is -0.115. The number of imidazole rings is 1. The lowest BCUT2D eigenvalue weighted by Gasteiger charge is -2.04. The van der Waals surface area contributed by atoms with E-state index in [1.807, 2.05) is 10.6 Å². The summed E-state index contributed by atoms with van der Waals surface area (Å²) in [7, 11) is 0. The third-order valence-corrected chi connectivity index (χ3v) is 4.29. The Morgan fingerprint density at radius 1 is 1.57 bits per heavy atom. The molecule has 2 aromatic rings. The second-order valence-electron chi connectivity index (χ2n) is 4.56. The van der Waals surface area contributed by atoms with Crippen molar-refractivity contribution in [1.29, 1.82) is 5.26 Å². The van der Waals surface area contributed by atoms with E-state index in [4.69, 9.17) is 11.6 Å². The van der Waals surface area contributed by atoms with Crippen molar-refractivity contribution in [3.63, 3.8) is 0 Å². The third kappa shape index (κ3) is 2.89. The molecule has 1 amide bonds. The van der Waals surface area contributed by atoms with Crippen molar-refractivity contribution in [2.45, 2.75) is 18.1 Å². The van der Waals surface area contributed by atoms with Crippen LogP contribution in [0.3, 0.4) is 0 Å². The van der Waals surface area contributed by atoms with E-state index >= 15 is 0 Å². The maximum absolute atomic E-state index is 12.1. The van der Waals surface area contributed by atoms with Crippen molar-refractivity contribution in [3.05, 3.63) is 40.5 Å². The zero-order valence-electron chi connectivity index (χ0n) is 11.0. The highest BCUT2D eigenvalue weighted by Crippen LogP contribution is 2.30. The van der Waals surface area contributed by atoms with E-state index in [0.717, 1.165) is 23.0 Å². The van der Waals surface area contributed by atoms with Gasteiger partial charge in [0.2, 0.25) is 5.91 Å². The number of fused-ring (bicyclic) bond motifs is 1. The summed E-state index contributed by atoms with van der Waals surface area (Å²) in [4.78, 5) is 16.4. The third-order valence-electron chi connectivity index (χ3n) is 3.10. The van der Waals surface area contributed by atoms with Gasteiger partial charge in [0, 0.05) is 17.3 Å². The van der Waals surface area contributed by atoms with Gasteiger partial charge < -0.3 is 9.88 Å². The van der Waals surface area contributed by atoms with E-state index < -0.39 is 0 Å². The van der Waals surface area contributed by atoms with E-state index in [9.17, 15) is 10.1 Å². The number of aromatic nitrogens is 2. The van der Waals surface area contributed by atoms with Gasteiger partial charge in [-0.1, -0.05) is 35.5 Å². The molecule has 1 aliphatic rings. The minimum atomic E-state index is -0.212. The molecule has 0 saturated heterocycles. The molecule has 5 nitrogen and oxygen atoms in total. The van der Waals surface area contributed by atoms with Crippen LogP contribution in [0, 0.1) is 11.3 Å². The van der Waals surface area contributed by atoms with E-state index in [-0.39, 0.29) is 12.3 Å². The maximum Gasteiger partial charge on any atom is 0.230 e. The van der Waals surface area contributed by atoms with Gasteiger partial charge in [-0.05, 0) is 17.7 Å². The average Bonchev–Trinajstić information content (AvgIpc) is 2.98. The van der Waals surface area contributed by atoms with E-state index in [1.54, 1.807) is 30.0 Å². The van der Waals surface area contributed by atoms with E-state index in [2.05, 4.69) is 16.4 Å². The highest BCUT2D eigenvalue weighted by Gasteiger charge is 2.22. The monoisotopic (exact) mass is 318 g/mol. The fourth-order valence-corrected chi connectivity index (χ4v) is 3.35. The van der Waals surface area contributed by atoms with Crippen LogP contribution < -0.4 is 5.32 Å². The number of nitriles is 1. The van der Waals surface area contributed by atoms with Gasteiger partial charge in [0.1, 0.15) is 6.07 Å². The van der Waals surface area contributed by atoms with Gasteiger partial charge in [-0.15, -0.1) is 0 Å². The van der Waals surface area contributed by atoms with Crippen molar-refractivity contribution in [3.8, 4) is 6.07 Å². The van der Waals surface area contributed by atoms with Crippen LogP contribution in [-0.4, -0.2) is 21.2 Å². The molecule has 21 heavy (non-hydrogen) atoms. The quantitative estimate of drug-likeness (QED) is 0.944. The summed E-state index contributed by atoms with van der Waals surface area (Å²) in [5.41, 5.74) is 1.23. The van der Waals surface area contributed by atoms with E-state index in [1.165, 1.54) is 0 Å². The molecular weight excluding hydrogens is 308 g/mol. The highest BCUT2D eigenvalue weighted by atomic mass is 35.5. The molecule has 1 aromatic carbocycles. The smallest absolute Gasteiger partial charge is 0.230 e. The van der Waals surface area contributed by atoms with Crippen molar-refractivity contribution in [1.82, 2.24) is 9.55 Å². The Labute approximate surface area is 130 Å². The molecule has 0 aliphatic carbocycles. The molecule has 0 radical (unpaired) electrons. The van der Waals surface area contributed by atoms with Crippen molar-refractivity contribution < 1.29 is 4.79 Å². The first-order chi connectivity index (χ1) is 10.2. The summed E-state index contributed by atoms with van der Waals surface area (Å²) in [6.45, 7) is 0.750. The molecule has 7 heteroatoms. The fourth-order valence-electron chi connectivity index (χ4n) is 2.19. The van der Waals surface area contributed by atoms with Crippen LogP contribution in [0.25, 0.3) is 0 Å². The zero-order chi connectivity index (χ0) is 14.8. The largest absolute Gasteiger partial charge is 0.308 e. The van der Waals surface area contributed by atoms with Crippen LogP contribution in [0.2, 0.25) is 5.02 Å². The van der Waals surface area contributed by atoms with Gasteiger partial charge in [0.05, 0.1) is 6.42 Å². The summed E-state index contributed by atoms with van der Waals surface area (Å²) < 4.78 is 1.83. The number of carbonyl (C=O) groups is 1. The first-order valence-electron chi connectivity index (χ1n) is 6.35. The number of carbonyl (C=O) groups excluding carboxylic acids is 1. The Morgan fingerprint density at radius 3 is 3.19 bits per heavy atom. The van der Waals surface area contributed by atoms with Gasteiger partial charge in [-0.3, -0.25) is 4.79 Å². The van der Waals surface area contributed by atoms with Gasteiger partial charge >= 0.3 is 0 Å². The molecular formula is C14H11ClN4OS. The lowest BCUT2D eigenvalue weighted by Crippen LogP contribution is -2.16. The van der Waals surface area contributed by atoms with Crippen LogP contribution in [0.1, 0.15) is 11.3 Å². The summed E-state index contributed by atoms with van der Waals surface area (Å²) in [5.74, 6) is 1.04. The van der Waals surface area contributed by atoms with Gasteiger partial charge in [-0.2, -0.15) is 5.26 Å². The summed E-state index contributed by atoms with van der Waals surface area (Å²) in [6.07, 6.45) is 0.195. The molecule has 0 spiro atoms. The SMILES string of the molecule is N#Cc1c(NC(=O)Cc2cccc(Cl)c2)nc2n1CCS2. The Balaban J connectivity index is 1.75. The fraction of sp³-hybridized carbons (Fsp3) is 0.214. The molecule has 2 heterocycles. The van der Waals surface area contributed by atoms with Crippen molar-refractivity contribution in [2.75, 3.05) is 11.1 Å². The standard InChI is InChI=1S/C14H11ClN4OS/c15-10-3-1-2-9(6-10)7-12(20)17-13-11(8-16)19-4-5-21-14(19)18-13/h1-3,6H,4-5,7H2,(H,17,20). The number of benzene rings is 1. The molecule has 3 rings (SSSR count). The summed E-state index contributed by atoms with van der Waals surface area (Å²) >= 11 is 7.48. The second-order valence-corrected chi connectivity index (χ2v) is 6.06. The predicted molar refractivity (Wildman–Crippen MR) is 81.5 cm³/mol. The molecule has 1 N–H and O–H groups in total. The minimum absolute atomic E-state index is 0.195. The normalized spacial score (nSPS) is 12.8. The van der Waals surface area contributed by atoms with Crippen molar-refractivity contribution in [2.24, 2.45) is 0 Å². The van der Waals surface area contributed by atoms with Crippen LogP contribution in [0.5, 0.6) is 0 Å². The van der Waals surface area contributed by atoms with Crippen molar-refractivity contribution >= 4 is 35.1 Å². The highest BCUT2D eigenvalue weighted by molar-refractivity contribution is 7.99. The molecule has 0 unspecified atom stereocenters. The van der Waals surface area contributed by atoms with Crippen LogP contribution in [0.15, 0.2) is 29.4 Å². The van der Waals surface area contributed by atoms with Gasteiger partial charge in [0.25, 0.3) is 0 Å². The van der Waals surface area contributed by atoms with Crippen LogP contribution in [-0.2, 0) is 17.8 Å². The van der Waals surface area contributed by atoms with Gasteiger partial charge in [0.15, 0.2) is 16.7 Å². The number of nitrogens with one attached hydrogen (secondary N) is 1.